The van der Waals surface area contributed by atoms with Gasteiger partial charge in [0.05, 0.1) is 38.6 Å². The largest absolute Gasteiger partial charge is 0.389 e. The lowest BCUT2D eigenvalue weighted by Crippen LogP contribution is -2.31. The Morgan fingerprint density at radius 1 is 1.12 bits per heavy atom. The molecule has 0 radical (unpaired) electrons. The average molecular weight is 247 g/mol. The fourth-order valence-corrected chi connectivity index (χ4v) is 1.89. The highest BCUT2D eigenvalue weighted by Gasteiger charge is 2.30. The van der Waals surface area contributed by atoms with Gasteiger partial charge in [-0.3, -0.25) is 4.90 Å². The summed E-state index contributed by atoms with van der Waals surface area (Å²) in [6.07, 6.45) is 0.854. The second-order valence-electron chi connectivity index (χ2n) is 4.74. The molecule has 1 atom stereocenters. The van der Waals surface area contributed by atoms with E-state index in [-0.39, 0.29) is 0 Å². The van der Waals surface area contributed by atoms with E-state index in [4.69, 9.17) is 14.2 Å². The van der Waals surface area contributed by atoms with Crippen LogP contribution in [0.25, 0.3) is 0 Å². The minimum Gasteiger partial charge on any atom is -0.389 e. The molecule has 102 valence electrons. The first-order valence-corrected chi connectivity index (χ1v) is 6.23. The summed E-state index contributed by atoms with van der Waals surface area (Å²) in [6.45, 7) is 7.66. The van der Waals surface area contributed by atoms with Crippen molar-refractivity contribution in [3.05, 3.63) is 0 Å². The zero-order chi connectivity index (χ0) is 12.6. The van der Waals surface area contributed by atoms with Gasteiger partial charge in [-0.05, 0) is 13.3 Å². The Labute approximate surface area is 104 Å². The molecule has 1 heterocycles. The molecule has 0 aromatic rings. The first kappa shape index (κ1) is 14.9. The van der Waals surface area contributed by atoms with Crippen molar-refractivity contribution in [3.8, 4) is 0 Å². The van der Waals surface area contributed by atoms with Crippen LogP contribution < -0.4 is 0 Å². The van der Waals surface area contributed by atoms with Crippen molar-refractivity contribution in [3.63, 3.8) is 0 Å². The third kappa shape index (κ3) is 6.95. The predicted molar refractivity (Wildman–Crippen MR) is 65.2 cm³/mol. The number of likely N-dealkylation sites (tertiary alicyclic amines) is 1. The second kappa shape index (κ2) is 8.00. The van der Waals surface area contributed by atoms with E-state index in [1.165, 1.54) is 0 Å². The fourth-order valence-electron chi connectivity index (χ4n) is 1.89. The van der Waals surface area contributed by atoms with Crippen LogP contribution in [-0.4, -0.2) is 75.4 Å². The maximum atomic E-state index is 9.77. The van der Waals surface area contributed by atoms with Gasteiger partial charge in [-0.25, -0.2) is 0 Å². The van der Waals surface area contributed by atoms with Gasteiger partial charge in [0.1, 0.15) is 0 Å². The van der Waals surface area contributed by atoms with Gasteiger partial charge in [0.15, 0.2) is 0 Å². The van der Waals surface area contributed by atoms with Crippen LogP contribution >= 0.6 is 0 Å². The normalized spacial score (nSPS) is 25.6. The van der Waals surface area contributed by atoms with Crippen LogP contribution in [0.3, 0.4) is 0 Å². The van der Waals surface area contributed by atoms with Crippen LogP contribution in [0.1, 0.15) is 13.3 Å². The molecule has 1 saturated heterocycles. The lowest BCUT2D eigenvalue weighted by molar-refractivity contribution is 0.0180. The zero-order valence-corrected chi connectivity index (χ0v) is 11.0. The number of nitrogens with zero attached hydrogens (tertiary/aromatic N) is 1. The Morgan fingerprint density at radius 2 is 1.76 bits per heavy atom. The van der Waals surface area contributed by atoms with Gasteiger partial charge in [0.2, 0.25) is 0 Å². The number of β-amino-alcohol motifs (C(OH)–C–C–N with tert-alkyl or cyclic N) is 1. The Kier molecular flexibility index (Phi) is 6.99. The monoisotopic (exact) mass is 247 g/mol. The van der Waals surface area contributed by atoms with E-state index in [0.29, 0.717) is 33.0 Å². The molecule has 1 rings (SSSR count). The van der Waals surface area contributed by atoms with E-state index < -0.39 is 5.60 Å². The third-order valence-corrected chi connectivity index (χ3v) is 2.89. The smallest absolute Gasteiger partial charge is 0.0758 e. The minimum atomic E-state index is -0.511. The lowest BCUT2D eigenvalue weighted by Gasteiger charge is -2.18. The van der Waals surface area contributed by atoms with Gasteiger partial charge >= 0.3 is 0 Å². The quantitative estimate of drug-likeness (QED) is 0.587. The Morgan fingerprint density at radius 3 is 2.35 bits per heavy atom. The van der Waals surface area contributed by atoms with Gasteiger partial charge in [0, 0.05) is 26.7 Å². The van der Waals surface area contributed by atoms with E-state index in [0.717, 1.165) is 26.1 Å². The van der Waals surface area contributed by atoms with Crippen LogP contribution in [-0.2, 0) is 14.2 Å². The van der Waals surface area contributed by atoms with Crippen LogP contribution in [0, 0.1) is 0 Å². The van der Waals surface area contributed by atoms with E-state index in [9.17, 15) is 5.11 Å². The SMILES string of the molecule is COCCOCCOCCN1CCC(C)(O)C1. The van der Waals surface area contributed by atoms with E-state index >= 15 is 0 Å². The van der Waals surface area contributed by atoms with Gasteiger partial charge in [-0.1, -0.05) is 0 Å². The number of hydrogen-bond donors (Lipinski definition) is 1. The fraction of sp³-hybridized carbons (Fsp3) is 1.00. The highest BCUT2D eigenvalue weighted by molar-refractivity contribution is 4.85. The van der Waals surface area contributed by atoms with Crippen LogP contribution in [0.5, 0.6) is 0 Å². The van der Waals surface area contributed by atoms with Crippen LogP contribution in [0.4, 0.5) is 0 Å². The van der Waals surface area contributed by atoms with Gasteiger partial charge in [-0.2, -0.15) is 0 Å². The highest BCUT2D eigenvalue weighted by atomic mass is 16.5. The standard InChI is InChI=1S/C12H25NO4/c1-12(14)3-4-13(11-12)5-6-16-9-10-17-8-7-15-2/h14H,3-11H2,1-2H3. The summed E-state index contributed by atoms with van der Waals surface area (Å²) in [6, 6.07) is 0. The first-order valence-electron chi connectivity index (χ1n) is 6.23. The molecular formula is C12H25NO4. The van der Waals surface area contributed by atoms with Crippen molar-refractivity contribution in [1.82, 2.24) is 4.90 Å². The molecule has 17 heavy (non-hydrogen) atoms. The van der Waals surface area contributed by atoms with Gasteiger partial charge in [-0.15, -0.1) is 0 Å². The van der Waals surface area contributed by atoms with Gasteiger partial charge in [0.25, 0.3) is 0 Å². The van der Waals surface area contributed by atoms with Crippen LogP contribution in [0.15, 0.2) is 0 Å². The molecule has 1 fully saturated rings. The summed E-state index contributed by atoms with van der Waals surface area (Å²) in [7, 11) is 1.66. The zero-order valence-electron chi connectivity index (χ0n) is 11.0. The molecule has 5 nitrogen and oxygen atoms in total. The molecule has 0 spiro atoms. The number of aliphatic hydroxyl groups is 1. The maximum Gasteiger partial charge on any atom is 0.0758 e. The molecule has 0 aromatic carbocycles. The van der Waals surface area contributed by atoms with Crippen molar-refractivity contribution >= 4 is 0 Å². The molecule has 0 amide bonds. The minimum absolute atomic E-state index is 0.511. The molecule has 0 aliphatic carbocycles. The number of methoxy groups -OCH3 is 1. The van der Waals surface area contributed by atoms with Crippen molar-refractivity contribution in [2.24, 2.45) is 0 Å². The van der Waals surface area contributed by atoms with Crippen molar-refractivity contribution in [2.75, 3.05) is 59.8 Å². The summed E-state index contributed by atoms with van der Waals surface area (Å²) in [5, 5.41) is 9.77. The Balaban J connectivity index is 1.85. The maximum absolute atomic E-state index is 9.77. The summed E-state index contributed by atoms with van der Waals surface area (Å²) >= 11 is 0. The summed E-state index contributed by atoms with van der Waals surface area (Å²) < 4.78 is 15.6. The number of hydrogen-bond acceptors (Lipinski definition) is 5. The van der Waals surface area contributed by atoms with Crippen molar-refractivity contribution in [1.29, 1.82) is 0 Å². The molecule has 0 aromatic heterocycles. The summed E-state index contributed by atoms with van der Waals surface area (Å²) in [4.78, 5) is 2.23. The first-order chi connectivity index (χ1) is 8.14. The molecular weight excluding hydrogens is 222 g/mol. The third-order valence-electron chi connectivity index (χ3n) is 2.89. The van der Waals surface area contributed by atoms with Crippen molar-refractivity contribution < 1.29 is 19.3 Å². The predicted octanol–water partition coefficient (Wildman–Crippen LogP) is 0.123. The Hall–Kier alpha value is -0.200. The van der Waals surface area contributed by atoms with E-state index in [1.54, 1.807) is 7.11 Å². The molecule has 5 heteroatoms. The van der Waals surface area contributed by atoms with Crippen molar-refractivity contribution in [2.45, 2.75) is 18.9 Å². The summed E-state index contributed by atoms with van der Waals surface area (Å²) in [5.74, 6) is 0. The van der Waals surface area contributed by atoms with Gasteiger partial charge < -0.3 is 19.3 Å². The lowest BCUT2D eigenvalue weighted by atomic mass is 10.1. The average Bonchev–Trinajstić information content (AvgIpc) is 2.62. The molecule has 1 aliphatic heterocycles. The molecule has 0 saturated carbocycles. The molecule has 0 bridgehead atoms. The molecule has 1 aliphatic rings. The van der Waals surface area contributed by atoms with E-state index in [2.05, 4.69) is 4.90 Å². The highest BCUT2D eigenvalue weighted by Crippen LogP contribution is 2.19. The molecule has 1 N–H and O–H groups in total. The molecule has 1 unspecified atom stereocenters. The number of rotatable bonds is 9. The second-order valence-corrected chi connectivity index (χ2v) is 4.74. The van der Waals surface area contributed by atoms with Crippen LogP contribution in [0.2, 0.25) is 0 Å². The topological polar surface area (TPSA) is 51.2 Å². The van der Waals surface area contributed by atoms with E-state index in [1.807, 2.05) is 6.92 Å². The number of ether oxygens (including phenoxy) is 3. The Bertz CT molecular complexity index is 199. The summed E-state index contributed by atoms with van der Waals surface area (Å²) in [5.41, 5.74) is -0.511.